The van der Waals surface area contributed by atoms with Gasteiger partial charge in [-0.1, -0.05) is 6.92 Å². The van der Waals surface area contributed by atoms with E-state index in [9.17, 15) is 4.79 Å². The van der Waals surface area contributed by atoms with Gasteiger partial charge in [0, 0.05) is 17.7 Å². The number of nitrogens with one attached hydrogen (secondary N) is 1. The summed E-state index contributed by atoms with van der Waals surface area (Å²) in [5, 5.41) is 11.8. The van der Waals surface area contributed by atoms with Crippen LogP contribution in [0.4, 0.5) is 5.69 Å². The van der Waals surface area contributed by atoms with Crippen molar-refractivity contribution in [1.29, 1.82) is 0 Å². The SMILES string of the molecule is CCCC(=O)Nc1ccc(-c2ccc(CO)o2)cc1. The number of rotatable bonds is 5. The van der Waals surface area contributed by atoms with Gasteiger partial charge in [-0.25, -0.2) is 0 Å². The second kappa shape index (κ2) is 6.20. The quantitative estimate of drug-likeness (QED) is 0.866. The largest absolute Gasteiger partial charge is 0.459 e. The van der Waals surface area contributed by atoms with E-state index < -0.39 is 0 Å². The van der Waals surface area contributed by atoms with Crippen LogP contribution in [0, 0.1) is 0 Å². The molecule has 0 atom stereocenters. The molecule has 0 aliphatic rings. The number of hydrogen-bond acceptors (Lipinski definition) is 3. The van der Waals surface area contributed by atoms with Crippen molar-refractivity contribution in [2.75, 3.05) is 5.32 Å². The molecule has 0 radical (unpaired) electrons. The predicted molar refractivity (Wildman–Crippen MR) is 73.6 cm³/mol. The molecule has 1 aromatic carbocycles. The van der Waals surface area contributed by atoms with Crippen molar-refractivity contribution in [1.82, 2.24) is 0 Å². The van der Waals surface area contributed by atoms with Gasteiger partial charge < -0.3 is 14.8 Å². The minimum absolute atomic E-state index is 0.0239. The number of carbonyl (C=O) groups is 1. The van der Waals surface area contributed by atoms with Crippen LogP contribution in [0.2, 0.25) is 0 Å². The van der Waals surface area contributed by atoms with E-state index in [2.05, 4.69) is 5.32 Å². The van der Waals surface area contributed by atoms with Crippen molar-refractivity contribution in [3.05, 3.63) is 42.2 Å². The third-order valence-electron chi connectivity index (χ3n) is 2.75. The van der Waals surface area contributed by atoms with Gasteiger partial charge in [0.1, 0.15) is 18.1 Å². The number of furan rings is 1. The lowest BCUT2D eigenvalue weighted by Crippen LogP contribution is -2.10. The maximum Gasteiger partial charge on any atom is 0.224 e. The van der Waals surface area contributed by atoms with E-state index in [1.54, 1.807) is 6.07 Å². The molecule has 19 heavy (non-hydrogen) atoms. The summed E-state index contributed by atoms with van der Waals surface area (Å²) in [5.41, 5.74) is 1.68. The number of aliphatic hydroxyl groups excluding tert-OH is 1. The Balaban J connectivity index is 2.07. The van der Waals surface area contributed by atoms with Crippen LogP contribution in [0.1, 0.15) is 25.5 Å². The first-order valence-electron chi connectivity index (χ1n) is 6.32. The molecule has 0 saturated carbocycles. The molecule has 0 aliphatic heterocycles. The van der Waals surface area contributed by atoms with Gasteiger partial charge in [-0.15, -0.1) is 0 Å². The van der Waals surface area contributed by atoms with Crippen LogP contribution in [0.15, 0.2) is 40.8 Å². The van der Waals surface area contributed by atoms with Crippen LogP contribution >= 0.6 is 0 Å². The molecule has 2 N–H and O–H groups in total. The standard InChI is InChI=1S/C15H17NO3/c1-2-3-15(18)16-12-6-4-11(5-7-12)14-9-8-13(10-17)19-14/h4-9,17H,2-3,10H2,1H3,(H,16,18). The summed E-state index contributed by atoms with van der Waals surface area (Å²) in [4.78, 5) is 11.5. The second-order valence-corrected chi connectivity index (χ2v) is 4.30. The van der Waals surface area contributed by atoms with Gasteiger partial charge in [-0.05, 0) is 42.8 Å². The van der Waals surface area contributed by atoms with Crippen LogP contribution in [-0.2, 0) is 11.4 Å². The van der Waals surface area contributed by atoms with E-state index in [1.807, 2.05) is 37.3 Å². The topological polar surface area (TPSA) is 62.5 Å². The molecule has 2 aromatic rings. The maximum atomic E-state index is 11.5. The average molecular weight is 259 g/mol. The van der Waals surface area contributed by atoms with Gasteiger partial charge in [0.15, 0.2) is 0 Å². The number of aliphatic hydroxyl groups is 1. The summed E-state index contributed by atoms with van der Waals surface area (Å²) in [6, 6.07) is 11.0. The highest BCUT2D eigenvalue weighted by Gasteiger charge is 2.05. The summed E-state index contributed by atoms with van der Waals surface area (Å²) in [6.07, 6.45) is 1.36. The molecule has 1 amide bonds. The Bertz CT molecular complexity index is 543. The lowest BCUT2D eigenvalue weighted by molar-refractivity contribution is -0.116. The first kappa shape index (κ1) is 13.4. The Labute approximate surface area is 112 Å². The zero-order valence-electron chi connectivity index (χ0n) is 10.8. The van der Waals surface area contributed by atoms with Crippen LogP contribution in [-0.4, -0.2) is 11.0 Å². The lowest BCUT2D eigenvalue weighted by atomic mass is 10.1. The smallest absolute Gasteiger partial charge is 0.224 e. The minimum atomic E-state index is -0.106. The predicted octanol–water partition coefficient (Wildman–Crippen LogP) is 3.18. The Hall–Kier alpha value is -2.07. The third kappa shape index (κ3) is 3.45. The van der Waals surface area contributed by atoms with E-state index >= 15 is 0 Å². The van der Waals surface area contributed by atoms with Crippen LogP contribution in [0.5, 0.6) is 0 Å². The number of anilines is 1. The van der Waals surface area contributed by atoms with Gasteiger partial charge in [0.2, 0.25) is 5.91 Å². The first-order chi connectivity index (χ1) is 9.22. The first-order valence-corrected chi connectivity index (χ1v) is 6.32. The minimum Gasteiger partial charge on any atom is -0.459 e. The van der Waals surface area contributed by atoms with Crippen molar-refractivity contribution in [2.24, 2.45) is 0 Å². The molecule has 4 nitrogen and oxygen atoms in total. The van der Waals surface area contributed by atoms with Crippen LogP contribution in [0.25, 0.3) is 11.3 Å². The van der Waals surface area contributed by atoms with Gasteiger partial charge in [-0.3, -0.25) is 4.79 Å². The Morgan fingerprint density at radius 1 is 1.21 bits per heavy atom. The molecule has 100 valence electrons. The highest BCUT2D eigenvalue weighted by Crippen LogP contribution is 2.23. The van der Waals surface area contributed by atoms with E-state index in [0.29, 0.717) is 17.9 Å². The van der Waals surface area contributed by atoms with Crippen molar-refractivity contribution in [3.8, 4) is 11.3 Å². The number of benzene rings is 1. The van der Waals surface area contributed by atoms with Gasteiger partial charge in [0.25, 0.3) is 0 Å². The third-order valence-corrected chi connectivity index (χ3v) is 2.75. The fourth-order valence-corrected chi connectivity index (χ4v) is 1.79. The summed E-state index contributed by atoms with van der Waals surface area (Å²) in [7, 11) is 0. The van der Waals surface area contributed by atoms with Gasteiger partial charge >= 0.3 is 0 Å². The maximum absolute atomic E-state index is 11.5. The molecule has 2 rings (SSSR count). The van der Waals surface area contributed by atoms with Crippen molar-refractivity contribution < 1.29 is 14.3 Å². The Kier molecular flexibility index (Phi) is 4.36. The van der Waals surface area contributed by atoms with Gasteiger partial charge in [0.05, 0.1) is 0 Å². The van der Waals surface area contributed by atoms with E-state index in [0.717, 1.165) is 17.7 Å². The number of amides is 1. The molecule has 1 aromatic heterocycles. The molecule has 0 bridgehead atoms. The van der Waals surface area contributed by atoms with Crippen LogP contribution in [0.3, 0.4) is 0 Å². The number of hydrogen-bond donors (Lipinski definition) is 2. The normalized spacial score (nSPS) is 10.4. The van der Waals surface area contributed by atoms with Crippen molar-refractivity contribution in [2.45, 2.75) is 26.4 Å². The summed E-state index contributed by atoms with van der Waals surface area (Å²) in [5.74, 6) is 1.27. The highest BCUT2D eigenvalue weighted by atomic mass is 16.4. The van der Waals surface area contributed by atoms with E-state index in [-0.39, 0.29) is 12.5 Å². The zero-order chi connectivity index (χ0) is 13.7. The van der Waals surface area contributed by atoms with Crippen LogP contribution < -0.4 is 5.32 Å². The molecule has 0 spiro atoms. The monoisotopic (exact) mass is 259 g/mol. The molecule has 0 saturated heterocycles. The Morgan fingerprint density at radius 3 is 2.53 bits per heavy atom. The van der Waals surface area contributed by atoms with Crippen molar-refractivity contribution in [3.63, 3.8) is 0 Å². The highest BCUT2D eigenvalue weighted by molar-refractivity contribution is 5.90. The summed E-state index contributed by atoms with van der Waals surface area (Å²) < 4.78 is 5.44. The molecule has 0 unspecified atom stereocenters. The van der Waals surface area contributed by atoms with Gasteiger partial charge in [-0.2, -0.15) is 0 Å². The lowest BCUT2D eigenvalue weighted by Gasteiger charge is -2.04. The molecule has 4 heteroatoms. The van der Waals surface area contributed by atoms with E-state index in [4.69, 9.17) is 9.52 Å². The zero-order valence-corrected chi connectivity index (χ0v) is 10.8. The second-order valence-electron chi connectivity index (χ2n) is 4.30. The fourth-order valence-electron chi connectivity index (χ4n) is 1.79. The summed E-state index contributed by atoms with van der Waals surface area (Å²) in [6.45, 7) is 1.86. The molecule has 0 aliphatic carbocycles. The summed E-state index contributed by atoms with van der Waals surface area (Å²) >= 11 is 0. The average Bonchev–Trinajstić information content (AvgIpc) is 2.88. The molecule has 0 fully saturated rings. The number of carbonyl (C=O) groups excluding carboxylic acids is 1. The van der Waals surface area contributed by atoms with E-state index in [1.165, 1.54) is 0 Å². The van der Waals surface area contributed by atoms with Crippen molar-refractivity contribution >= 4 is 11.6 Å². The fraction of sp³-hybridized carbons (Fsp3) is 0.267. The molecule has 1 heterocycles. The molecular formula is C15H17NO3. The molecular weight excluding hydrogens is 242 g/mol. The Morgan fingerprint density at radius 2 is 1.95 bits per heavy atom.